The number of hydrogen-bond donors (Lipinski definition) is 0. The summed E-state index contributed by atoms with van der Waals surface area (Å²) in [7, 11) is 1.83. The number of thiophene rings is 1. The molecule has 0 unspecified atom stereocenters. The lowest BCUT2D eigenvalue weighted by atomic mass is 10.3. The van der Waals surface area contributed by atoms with Crippen LogP contribution in [-0.2, 0) is 18.3 Å². The second-order valence-electron chi connectivity index (χ2n) is 4.41. The Morgan fingerprint density at radius 2 is 2.14 bits per heavy atom. The van der Waals surface area contributed by atoms with Crippen molar-refractivity contribution in [3.05, 3.63) is 49.4 Å². The first-order valence-corrected chi connectivity index (χ1v) is 8.55. The first kappa shape index (κ1) is 14.8. The van der Waals surface area contributed by atoms with E-state index >= 15 is 0 Å². The van der Waals surface area contributed by atoms with Crippen LogP contribution in [0.5, 0.6) is 0 Å². The van der Waals surface area contributed by atoms with Crippen molar-refractivity contribution in [1.82, 2.24) is 4.57 Å². The number of amides is 1. The summed E-state index contributed by atoms with van der Waals surface area (Å²) in [6.45, 7) is 0. The third kappa shape index (κ3) is 2.92. The Labute approximate surface area is 139 Å². The molecular formula is C14H10Cl2N2OS2. The van der Waals surface area contributed by atoms with Gasteiger partial charge in [-0.25, -0.2) is 0 Å². The second kappa shape index (κ2) is 5.93. The maximum absolute atomic E-state index is 12.0. The van der Waals surface area contributed by atoms with E-state index in [9.17, 15) is 4.79 Å². The smallest absolute Gasteiger partial charge is 0.253 e. The number of fused-ring (bicyclic) bond motifs is 1. The van der Waals surface area contributed by atoms with Crippen LogP contribution in [0.3, 0.4) is 0 Å². The Kier molecular flexibility index (Phi) is 4.17. The summed E-state index contributed by atoms with van der Waals surface area (Å²) in [4.78, 5) is 17.9. The van der Waals surface area contributed by atoms with Gasteiger partial charge in [0, 0.05) is 11.9 Å². The van der Waals surface area contributed by atoms with Gasteiger partial charge in [0.25, 0.3) is 5.91 Å². The number of halogens is 2. The molecule has 2 aromatic heterocycles. The third-order valence-corrected chi connectivity index (χ3v) is 5.75. The van der Waals surface area contributed by atoms with Crippen LogP contribution < -0.4 is 4.80 Å². The van der Waals surface area contributed by atoms with Crippen molar-refractivity contribution in [2.75, 3.05) is 0 Å². The molecule has 0 N–H and O–H groups in total. The molecule has 0 saturated heterocycles. The summed E-state index contributed by atoms with van der Waals surface area (Å²) in [5.74, 6) is -0.165. The zero-order chi connectivity index (χ0) is 15.0. The minimum Gasteiger partial charge on any atom is -0.318 e. The molecule has 21 heavy (non-hydrogen) atoms. The van der Waals surface area contributed by atoms with Crippen LogP contribution in [0, 0.1) is 0 Å². The predicted octanol–water partition coefficient (Wildman–Crippen LogP) is 4.28. The molecule has 2 heterocycles. The van der Waals surface area contributed by atoms with Gasteiger partial charge in [-0.15, -0.1) is 11.3 Å². The highest BCUT2D eigenvalue weighted by Crippen LogP contribution is 2.31. The first-order valence-electron chi connectivity index (χ1n) is 6.09. The fourth-order valence-corrected chi connectivity index (χ4v) is 4.23. The molecule has 0 aliphatic heterocycles. The molecule has 0 aliphatic carbocycles. The lowest BCUT2D eigenvalue weighted by Gasteiger charge is -2.00. The topological polar surface area (TPSA) is 34.4 Å². The SMILES string of the molecule is Cn1c(=NC(=O)Cc2cccs2)sc2ccc(Cl)c(Cl)c21. The van der Waals surface area contributed by atoms with Gasteiger partial charge in [-0.05, 0) is 23.6 Å². The number of hydrogen-bond acceptors (Lipinski definition) is 3. The fraction of sp³-hybridized carbons (Fsp3) is 0.143. The summed E-state index contributed by atoms with van der Waals surface area (Å²) in [6, 6.07) is 7.49. The van der Waals surface area contributed by atoms with Crippen molar-refractivity contribution in [3.63, 3.8) is 0 Å². The van der Waals surface area contributed by atoms with Crippen LogP contribution in [0.1, 0.15) is 4.88 Å². The predicted molar refractivity (Wildman–Crippen MR) is 89.4 cm³/mol. The van der Waals surface area contributed by atoms with Gasteiger partial charge < -0.3 is 4.57 Å². The third-order valence-electron chi connectivity index (χ3n) is 2.98. The first-order chi connectivity index (χ1) is 10.1. The van der Waals surface area contributed by atoms with Crippen LogP contribution >= 0.6 is 45.9 Å². The molecule has 0 fully saturated rings. The van der Waals surface area contributed by atoms with E-state index in [0.29, 0.717) is 21.3 Å². The molecule has 0 spiro atoms. The lowest BCUT2D eigenvalue weighted by molar-refractivity contribution is -0.117. The molecular weight excluding hydrogens is 347 g/mol. The molecule has 0 radical (unpaired) electrons. The molecule has 1 aromatic carbocycles. The number of rotatable bonds is 2. The van der Waals surface area contributed by atoms with E-state index < -0.39 is 0 Å². The van der Waals surface area contributed by atoms with E-state index in [1.165, 1.54) is 11.3 Å². The number of aryl methyl sites for hydroxylation is 1. The highest BCUT2D eigenvalue weighted by atomic mass is 35.5. The summed E-state index contributed by atoms with van der Waals surface area (Å²) in [5.41, 5.74) is 0.803. The number of carbonyl (C=O) groups excluding carboxylic acids is 1. The van der Waals surface area contributed by atoms with Gasteiger partial charge in [0.2, 0.25) is 0 Å². The molecule has 0 bridgehead atoms. The molecule has 3 aromatic rings. The summed E-state index contributed by atoms with van der Waals surface area (Å²) in [5, 5.41) is 2.93. The van der Waals surface area contributed by atoms with Crippen LogP contribution in [0.25, 0.3) is 10.2 Å². The monoisotopic (exact) mass is 356 g/mol. The van der Waals surface area contributed by atoms with Crippen LogP contribution in [0.2, 0.25) is 10.0 Å². The number of benzene rings is 1. The van der Waals surface area contributed by atoms with Crippen molar-refractivity contribution in [2.45, 2.75) is 6.42 Å². The van der Waals surface area contributed by atoms with Crippen LogP contribution in [0.15, 0.2) is 34.6 Å². The van der Waals surface area contributed by atoms with Gasteiger partial charge in [0.1, 0.15) is 0 Å². The molecule has 7 heteroatoms. The standard InChI is InChI=1S/C14H10Cl2N2OS2/c1-18-13-10(5-4-9(15)12(13)16)21-14(18)17-11(19)7-8-3-2-6-20-8/h2-6H,7H2,1H3. The van der Waals surface area contributed by atoms with E-state index in [-0.39, 0.29) is 5.91 Å². The molecule has 3 rings (SSSR count). The van der Waals surface area contributed by atoms with E-state index in [4.69, 9.17) is 23.2 Å². The van der Waals surface area contributed by atoms with Gasteiger partial charge in [-0.2, -0.15) is 4.99 Å². The molecule has 3 nitrogen and oxygen atoms in total. The molecule has 0 atom stereocenters. The van der Waals surface area contributed by atoms with Crippen molar-refractivity contribution in [1.29, 1.82) is 0 Å². The average Bonchev–Trinajstić information content (AvgIpc) is 3.04. The lowest BCUT2D eigenvalue weighted by Crippen LogP contribution is -2.14. The molecule has 108 valence electrons. The Bertz CT molecular complexity index is 878. The van der Waals surface area contributed by atoms with E-state index in [0.717, 1.165) is 15.1 Å². The summed E-state index contributed by atoms with van der Waals surface area (Å²) >= 11 is 15.2. The van der Waals surface area contributed by atoms with Gasteiger partial charge in [0.05, 0.1) is 26.7 Å². The average molecular weight is 357 g/mol. The van der Waals surface area contributed by atoms with Gasteiger partial charge in [0.15, 0.2) is 4.80 Å². The van der Waals surface area contributed by atoms with Gasteiger partial charge in [-0.3, -0.25) is 4.79 Å². The van der Waals surface area contributed by atoms with E-state index in [1.54, 1.807) is 22.0 Å². The Balaban J connectivity index is 2.04. The molecule has 0 aliphatic rings. The molecule has 1 amide bonds. The van der Waals surface area contributed by atoms with Crippen molar-refractivity contribution in [2.24, 2.45) is 12.0 Å². The summed E-state index contributed by atoms with van der Waals surface area (Å²) in [6.07, 6.45) is 0.320. The number of thiazole rings is 1. The van der Waals surface area contributed by atoms with Crippen LogP contribution in [0.4, 0.5) is 0 Å². The zero-order valence-corrected chi connectivity index (χ0v) is 14.1. The van der Waals surface area contributed by atoms with Gasteiger partial charge >= 0.3 is 0 Å². The minimum absolute atomic E-state index is 0.165. The minimum atomic E-state index is -0.165. The van der Waals surface area contributed by atoms with Crippen molar-refractivity contribution < 1.29 is 4.79 Å². The second-order valence-corrected chi connectivity index (χ2v) is 7.24. The fourth-order valence-electron chi connectivity index (χ4n) is 1.99. The quantitative estimate of drug-likeness (QED) is 0.674. The maximum Gasteiger partial charge on any atom is 0.253 e. The van der Waals surface area contributed by atoms with E-state index in [1.807, 2.05) is 30.6 Å². The van der Waals surface area contributed by atoms with Gasteiger partial charge in [-0.1, -0.05) is 40.6 Å². The van der Waals surface area contributed by atoms with E-state index in [2.05, 4.69) is 4.99 Å². The highest BCUT2D eigenvalue weighted by Gasteiger charge is 2.11. The Morgan fingerprint density at radius 3 is 2.86 bits per heavy atom. The maximum atomic E-state index is 12.0. The normalized spacial score (nSPS) is 12.2. The largest absolute Gasteiger partial charge is 0.318 e. The number of nitrogens with zero attached hydrogens (tertiary/aromatic N) is 2. The summed E-state index contributed by atoms with van der Waals surface area (Å²) < 4.78 is 2.76. The van der Waals surface area contributed by atoms with Crippen molar-refractivity contribution in [3.8, 4) is 0 Å². The zero-order valence-electron chi connectivity index (χ0n) is 11.0. The van der Waals surface area contributed by atoms with Crippen LogP contribution in [-0.4, -0.2) is 10.5 Å². The Morgan fingerprint density at radius 1 is 1.33 bits per heavy atom. The Hall–Kier alpha value is -1.14. The number of aromatic nitrogens is 1. The number of carbonyl (C=O) groups is 1. The van der Waals surface area contributed by atoms with Crippen molar-refractivity contribution >= 4 is 62.0 Å². The highest BCUT2D eigenvalue weighted by molar-refractivity contribution is 7.16. The molecule has 0 saturated carbocycles.